The first-order valence-electron chi connectivity index (χ1n) is 13.5. The van der Waals surface area contributed by atoms with Crippen LogP contribution in [0.3, 0.4) is 0 Å². The monoisotopic (exact) mass is 579 g/mol. The van der Waals surface area contributed by atoms with Crippen LogP contribution in [0.5, 0.6) is 0 Å². The van der Waals surface area contributed by atoms with Crippen LogP contribution >= 0.6 is 24.0 Å². The van der Waals surface area contributed by atoms with Gasteiger partial charge in [-0.15, -0.1) is 0 Å². The Labute approximate surface area is 243 Å². The lowest BCUT2D eigenvalue weighted by Crippen LogP contribution is -2.48. The molecule has 2 fully saturated rings. The molecule has 11 heteroatoms. The lowest BCUT2D eigenvalue weighted by molar-refractivity contribution is -0.137. The average Bonchev–Trinajstić information content (AvgIpc) is 3.22. The van der Waals surface area contributed by atoms with Crippen molar-refractivity contribution < 1.29 is 14.7 Å². The van der Waals surface area contributed by atoms with Crippen LogP contribution < -0.4 is 15.4 Å². The van der Waals surface area contributed by atoms with Crippen molar-refractivity contribution in [2.24, 2.45) is 0 Å². The number of carboxylic acids is 1. The highest BCUT2D eigenvalue weighted by atomic mass is 32.2. The molecule has 3 heterocycles. The molecule has 9 nitrogen and oxygen atoms in total. The normalized spacial score (nSPS) is 16.6. The fraction of sp³-hybridized carbons (Fsp3) is 0.414. The third-order valence-electron chi connectivity index (χ3n) is 7.28. The van der Waals surface area contributed by atoms with Crippen molar-refractivity contribution in [1.29, 1.82) is 5.26 Å². The number of rotatable bonds is 10. The van der Waals surface area contributed by atoms with Gasteiger partial charge >= 0.3 is 5.97 Å². The molecule has 0 unspecified atom stereocenters. The van der Waals surface area contributed by atoms with E-state index in [1.807, 2.05) is 25.1 Å². The highest BCUT2D eigenvalue weighted by molar-refractivity contribution is 8.26. The van der Waals surface area contributed by atoms with Crippen LogP contribution in [-0.2, 0) is 16.1 Å². The first-order valence-corrected chi connectivity index (χ1v) is 14.7. The van der Waals surface area contributed by atoms with E-state index in [0.29, 0.717) is 65.8 Å². The summed E-state index contributed by atoms with van der Waals surface area (Å²) in [6.07, 6.45) is 3.78. The smallest absolute Gasteiger partial charge is 0.303 e. The van der Waals surface area contributed by atoms with E-state index in [2.05, 4.69) is 28.0 Å². The maximum atomic E-state index is 13.4. The average molecular weight is 580 g/mol. The molecule has 2 saturated heterocycles. The Kier molecular flexibility index (Phi) is 9.66. The fourth-order valence-electron chi connectivity index (χ4n) is 5.14. The number of unbranched alkanes of at least 4 members (excludes halogenated alkanes) is 2. The summed E-state index contributed by atoms with van der Waals surface area (Å²) in [5.74, 6) is -0.317. The van der Waals surface area contributed by atoms with Crippen molar-refractivity contribution in [3.05, 3.63) is 62.3 Å². The number of pyridine rings is 1. The molecule has 0 spiro atoms. The number of nitrogens with zero attached hydrogens (tertiary/aromatic N) is 5. The van der Waals surface area contributed by atoms with E-state index < -0.39 is 5.97 Å². The number of carboxylic acid groups (broad SMARTS) is 1. The molecule has 1 aromatic carbocycles. The second-order valence-electron chi connectivity index (χ2n) is 9.75. The Hall–Kier alpha value is -3.62. The number of carbonyl (C=O) groups is 2. The molecule has 2 aromatic rings. The number of aliphatic carboxylic acids is 1. The topological polar surface area (TPSA) is 110 Å². The maximum absolute atomic E-state index is 13.4. The Morgan fingerprint density at radius 1 is 1.10 bits per heavy atom. The van der Waals surface area contributed by atoms with Crippen molar-refractivity contribution in [2.45, 2.75) is 46.1 Å². The van der Waals surface area contributed by atoms with Crippen molar-refractivity contribution >= 4 is 57.8 Å². The molecule has 0 aliphatic carbocycles. The first-order chi connectivity index (χ1) is 19.3. The van der Waals surface area contributed by atoms with E-state index in [4.69, 9.17) is 17.3 Å². The number of amides is 1. The van der Waals surface area contributed by atoms with Crippen LogP contribution in [0.2, 0.25) is 0 Å². The number of anilines is 2. The molecule has 1 aromatic heterocycles. The van der Waals surface area contributed by atoms with Crippen LogP contribution in [0, 0.1) is 18.3 Å². The van der Waals surface area contributed by atoms with Gasteiger partial charge in [0.2, 0.25) is 0 Å². The number of nitriles is 1. The molecule has 0 atom stereocenters. The number of piperazine rings is 1. The van der Waals surface area contributed by atoms with E-state index in [1.54, 1.807) is 22.5 Å². The first kappa shape index (κ1) is 29.4. The number of thioether (sulfide) groups is 1. The van der Waals surface area contributed by atoms with Gasteiger partial charge < -0.3 is 14.9 Å². The zero-order chi connectivity index (χ0) is 28.8. The van der Waals surface area contributed by atoms with Crippen molar-refractivity contribution in [1.82, 2.24) is 9.47 Å². The lowest BCUT2D eigenvalue weighted by Gasteiger charge is -2.39. The van der Waals surface area contributed by atoms with Gasteiger partial charge in [0, 0.05) is 56.9 Å². The Bertz CT molecular complexity index is 1420. The molecule has 40 heavy (non-hydrogen) atoms. The van der Waals surface area contributed by atoms with E-state index in [9.17, 15) is 19.6 Å². The molecule has 4 rings (SSSR count). The standard InChI is InChI=1S/C29H33N5O4S2/c1-3-33-26(32-16-14-31(15-17-32)21-10-6-4-7-11-21)22(20(2)23(19-30)27(33)37)18-24-28(38)34(29(39)40-24)13-9-5-8-12-25(35)36/h4,6-7,10-11,18H,3,5,8-9,12-17H2,1-2H3,(H,35,36)/b24-18+. The van der Waals surface area contributed by atoms with E-state index in [-0.39, 0.29) is 23.5 Å². The fourth-order valence-corrected chi connectivity index (χ4v) is 6.43. The highest BCUT2D eigenvalue weighted by Crippen LogP contribution is 2.36. The second kappa shape index (κ2) is 13.2. The molecule has 1 amide bonds. The molecular formula is C29H33N5O4S2. The lowest BCUT2D eigenvalue weighted by atomic mass is 10.0. The zero-order valence-electron chi connectivity index (χ0n) is 22.8. The van der Waals surface area contributed by atoms with Crippen LogP contribution in [0.15, 0.2) is 40.0 Å². The van der Waals surface area contributed by atoms with Crippen LogP contribution in [-0.4, -0.2) is 63.5 Å². The van der Waals surface area contributed by atoms with Gasteiger partial charge in [-0.05, 0) is 50.5 Å². The minimum Gasteiger partial charge on any atom is -0.481 e. The third-order valence-corrected chi connectivity index (χ3v) is 8.66. The summed E-state index contributed by atoms with van der Waals surface area (Å²) in [6.45, 7) is 7.35. The molecular weight excluding hydrogens is 546 g/mol. The summed E-state index contributed by atoms with van der Waals surface area (Å²) in [4.78, 5) is 43.9. The number of benzene rings is 1. The quantitative estimate of drug-likeness (QED) is 0.251. The van der Waals surface area contributed by atoms with Gasteiger partial charge in [-0.25, -0.2) is 0 Å². The van der Waals surface area contributed by atoms with Gasteiger partial charge in [0.15, 0.2) is 0 Å². The Morgan fingerprint density at radius 2 is 1.77 bits per heavy atom. The van der Waals surface area contributed by atoms with E-state index >= 15 is 0 Å². The van der Waals surface area contributed by atoms with Gasteiger partial charge in [-0.2, -0.15) is 5.26 Å². The van der Waals surface area contributed by atoms with Gasteiger partial charge in [0.25, 0.3) is 11.5 Å². The molecule has 0 bridgehead atoms. The van der Waals surface area contributed by atoms with Gasteiger partial charge in [0.1, 0.15) is 21.8 Å². The number of hydrogen-bond acceptors (Lipinski definition) is 8. The summed E-state index contributed by atoms with van der Waals surface area (Å²) in [5.41, 5.74) is 2.14. The number of aromatic nitrogens is 1. The number of carbonyl (C=O) groups excluding carboxylic acids is 1. The van der Waals surface area contributed by atoms with Crippen LogP contribution in [0.25, 0.3) is 6.08 Å². The summed E-state index contributed by atoms with van der Waals surface area (Å²) in [5, 5.41) is 18.7. The highest BCUT2D eigenvalue weighted by Gasteiger charge is 2.33. The summed E-state index contributed by atoms with van der Waals surface area (Å²) < 4.78 is 2.09. The maximum Gasteiger partial charge on any atom is 0.303 e. The Balaban J connectivity index is 1.64. The molecule has 2 aliphatic rings. The van der Waals surface area contributed by atoms with Gasteiger partial charge in [-0.3, -0.25) is 23.9 Å². The molecule has 210 valence electrons. The third kappa shape index (κ3) is 6.24. The Morgan fingerprint density at radius 3 is 2.40 bits per heavy atom. The molecule has 1 N–H and O–H groups in total. The van der Waals surface area contributed by atoms with E-state index in [1.165, 1.54) is 11.8 Å². The molecule has 0 saturated carbocycles. The van der Waals surface area contributed by atoms with Crippen molar-refractivity contribution in [3.63, 3.8) is 0 Å². The van der Waals surface area contributed by atoms with Crippen molar-refractivity contribution in [3.8, 4) is 6.07 Å². The number of thiocarbonyl (C=S) groups is 1. The van der Waals surface area contributed by atoms with Crippen molar-refractivity contribution in [2.75, 3.05) is 42.5 Å². The predicted molar refractivity (Wildman–Crippen MR) is 163 cm³/mol. The van der Waals surface area contributed by atoms with Gasteiger partial charge in [0.05, 0.1) is 4.91 Å². The minimum absolute atomic E-state index is 0.0775. The molecule has 0 radical (unpaired) electrons. The summed E-state index contributed by atoms with van der Waals surface area (Å²) in [6, 6.07) is 12.3. The zero-order valence-corrected chi connectivity index (χ0v) is 24.4. The van der Waals surface area contributed by atoms with Crippen LogP contribution in [0.1, 0.15) is 49.3 Å². The summed E-state index contributed by atoms with van der Waals surface area (Å²) >= 11 is 6.72. The van der Waals surface area contributed by atoms with E-state index in [0.717, 1.165) is 24.6 Å². The SMILES string of the molecule is CCn1c(N2CCN(c3ccccc3)CC2)c(/C=C2/SC(=S)N(CCCCCC(=O)O)C2=O)c(C)c(C#N)c1=O. The summed E-state index contributed by atoms with van der Waals surface area (Å²) in [7, 11) is 0. The number of para-hydroxylation sites is 1. The largest absolute Gasteiger partial charge is 0.481 e. The predicted octanol–water partition coefficient (Wildman–Crippen LogP) is 4.22. The van der Waals surface area contributed by atoms with Gasteiger partial charge in [-0.1, -0.05) is 48.6 Å². The van der Waals surface area contributed by atoms with Crippen LogP contribution in [0.4, 0.5) is 11.5 Å². The molecule has 2 aliphatic heterocycles. The number of hydrogen-bond donors (Lipinski definition) is 1. The minimum atomic E-state index is -0.827. The second-order valence-corrected chi connectivity index (χ2v) is 11.4.